The second-order valence-electron chi connectivity index (χ2n) is 12.5. The van der Waals surface area contributed by atoms with Crippen LogP contribution in [0, 0.1) is 6.85 Å². The Morgan fingerprint density at radius 1 is 0.578 bits per heavy atom. The molecular formula is C42H35NO2. The van der Waals surface area contributed by atoms with E-state index < -0.39 is 6.85 Å². The van der Waals surface area contributed by atoms with Crippen LogP contribution in [-0.4, -0.2) is 4.98 Å². The molecule has 3 aromatic heterocycles. The Balaban J connectivity index is 1.29. The fourth-order valence-electron chi connectivity index (χ4n) is 6.76. The van der Waals surface area contributed by atoms with E-state index in [4.69, 9.17) is 17.9 Å². The van der Waals surface area contributed by atoms with Crippen LogP contribution in [0.1, 0.15) is 60.3 Å². The summed E-state index contributed by atoms with van der Waals surface area (Å²) in [5.41, 5.74) is 11.8. The molecule has 0 spiro atoms. The molecule has 5 aromatic carbocycles. The van der Waals surface area contributed by atoms with Gasteiger partial charge in [-0.2, -0.15) is 0 Å². The van der Waals surface area contributed by atoms with Gasteiger partial charge >= 0.3 is 0 Å². The zero-order chi connectivity index (χ0) is 33.3. The van der Waals surface area contributed by atoms with Crippen LogP contribution in [0.5, 0.6) is 0 Å². The van der Waals surface area contributed by atoms with Gasteiger partial charge in [0.05, 0.1) is 5.69 Å². The van der Waals surface area contributed by atoms with Crippen LogP contribution in [-0.2, 0) is 0 Å². The summed E-state index contributed by atoms with van der Waals surface area (Å²) in [4.78, 5) is 4.81. The fourth-order valence-corrected chi connectivity index (χ4v) is 6.76. The van der Waals surface area contributed by atoms with Crippen molar-refractivity contribution in [2.75, 3.05) is 0 Å². The molecule has 45 heavy (non-hydrogen) atoms. The number of rotatable bonds is 5. The molecule has 0 atom stereocenters. The molecule has 0 saturated heterocycles. The molecule has 0 N–H and O–H groups in total. The molecule has 0 fully saturated rings. The maximum Gasteiger partial charge on any atom is 0.144 e. The van der Waals surface area contributed by atoms with Crippen LogP contribution in [0.3, 0.4) is 0 Å². The molecule has 220 valence electrons. The van der Waals surface area contributed by atoms with Crippen LogP contribution in [0.15, 0.2) is 118 Å². The van der Waals surface area contributed by atoms with Crippen molar-refractivity contribution >= 4 is 43.9 Å². The quantitative estimate of drug-likeness (QED) is 0.201. The zero-order valence-electron chi connectivity index (χ0n) is 28.8. The number of benzene rings is 5. The van der Waals surface area contributed by atoms with Crippen molar-refractivity contribution < 1.29 is 12.9 Å². The number of hydrogen-bond acceptors (Lipinski definition) is 3. The standard InChI is InChI=1S/C42H35NO2/c1-24(2)35-20-29(27-16-17-31-30-11-6-7-15-38(30)44-39(31)23-27)21-36(25(3)4)40(35)28-18-19-43-37(22-28)34-14-9-13-33-32-12-8-10-26(5)41(32)45-42(33)34/h6-25H,1-5H3/i5D3. The van der Waals surface area contributed by atoms with Crippen LogP contribution >= 0.6 is 0 Å². The number of hydrogen-bond donors (Lipinski definition) is 0. The third-order valence-corrected chi connectivity index (χ3v) is 9.00. The topological polar surface area (TPSA) is 39.2 Å². The van der Waals surface area contributed by atoms with Gasteiger partial charge in [0.25, 0.3) is 0 Å². The Bertz CT molecular complexity index is 2490. The third kappa shape index (κ3) is 4.45. The van der Waals surface area contributed by atoms with Crippen LogP contribution in [0.4, 0.5) is 0 Å². The first-order chi connectivity index (χ1) is 23.1. The van der Waals surface area contributed by atoms with Gasteiger partial charge in [-0.25, -0.2) is 0 Å². The predicted molar refractivity (Wildman–Crippen MR) is 188 cm³/mol. The molecule has 8 aromatic rings. The maximum absolute atomic E-state index is 8.06. The highest BCUT2D eigenvalue weighted by molar-refractivity contribution is 6.10. The number of fused-ring (bicyclic) bond motifs is 6. The Morgan fingerprint density at radius 2 is 1.29 bits per heavy atom. The van der Waals surface area contributed by atoms with Crippen molar-refractivity contribution in [1.29, 1.82) is 0 Å². The molecule has 3 nitrogen and oxygen atoms in total. The molecule has 0 saturated carbocycles. The Morgan fingerprint density at radius 3 is 2.07 bits per heavy atom. The molecule has 0 aliphatic carbocycles. The van der Waals surface area contributed by atoms with Crippen LogP contribution in [0.2, 0.25) is 0 Å². The minimum absolute atomic E-state index is 0.214. The Kier molecular flexibility index (Phi) is 5.64. The fraction of sp³-hybridized carbons (Fsp3) is 0.167. The summed E-state index contributed by atoms with van der Waals surface area (Å²) in [6, 6.07) is 34.9. The van der Waals surface area contributed by atoms with Gasteiger partial charge in [0, 0.05) is 37.4 Å². The molecular weight excluding hydrogens is 550 g/mol. The van der Waals surface area contributed by atoms with Crippen molar-refractivity contribution in [3.63, 3.8) is 0 Å². The van der Waals surface area contributed by atoms with Crippen molar-refractivity contribution in [2.45, 2.75) is 46.4 Å². The van der Waals surface area contributed by atoms with Gasteiger partial charge < -0.3 is 8.83 Å². The van der Waals surface area contributed by atoms with Crippen molar-refractivity contribution in [2.24, 2.45) is 0 Å². The Hall–Kier alpha value is -5.15. The van der Waals surface area contributed by atoms with E-state index in [-0.39, 0.29) is 17.4 Å². The summed E-state index contributed by atoms with van der Waals surface area (Å²) >= 11 is 0. The van der Waals surface area contributed by atoms with Gasteiger partial charge in [-0.3, -0.25) is 4.98 Å². The first kappa shape index (κ1) is 24.2. The average Bonchev–Trinajstić information content (AvgIpc) is 3.65. The lowest BCUT2D eigenvalue weighted by Gasteiger charge is -2.22. The first-order valence-corrected chi connectivity index (χ1v) is 15.6. The van der Waals surface area contributed by atoms with Gasteiger partial charge in [-0.15, -0.1) is 0 Å². The molecule has 0 aliphatic rings. The van der Waals surface area contributed by atoms with E-state index in [2.05, 4.69) is 76.2 Å². The maximum atomic E-state index is 8.06. The smallest absolute Gasteiger partial charge is 0.144 e. The highest BCUT2D eigenvalue weighted by Gasteiger charge is 2.21. The second kappa shape index (κ2) is 10.5. The van der Waals surface area contributed by atoms with Gasteiger partial charge in [-0.1, -0.05) is 94.4 Å². The highest BCUT2D eigenvalue weighted by atomic mass is 16.3. The first-order valence-electron chi connectivity index (χ1n) is 17.1. The average molecular weight is 589 g/mol. The number of nitrogens with zero attached hydrogens (tertiary/aromatic N) is 1. The van der Waals surface area contributed by atoms with Gasteiger partial charge in [0.15, 0.2) is 0 Å². The molecule has 0 bridgehead atoms. The molecule has 0 radical (unpaired) electrons. The minimum Gasteiger partial charge on any atom is -0.456 e. The van der Waals surface area contributed by atoms with E-state index >= 15 is 0 Å². The van der Waals surface area contributed by atoms with Crippen molar-refractivity contribution in [3.05, 3.63) is 126 Å². The monoisotopic (exact) mass is 588 g/mol. The number of aryl methyl sites for hydroxylation is 1. The van der Waals surface area contributed by atoms with E-state index in [1.807, 2.05) is 48.7 Å². The van der Waals surface area contributed by atoms with E-state index in [1.165, 1.54) is 22.3 Å². The lowest BCUT2D eigenvalue weighted by Crippen LogP contribution is -2.02. The normalized spacial score (nSPS) is 13.3. The number of furan rings is 2. The lowest BCUT2D eigenvalue weighted by molar-refractivity contribution is 0.666. The molecule has 0 aliphatic heterocycles. The zero-order valence-corrected chi connectivity index (χ0v) is 25.8. The van der Waals surface area contributed by atoms with Gasteiger partial charge in [0.2, 0.25) is 0 Å². The molecule has 8 rings (SSSR count). The second-order valence-corrected chi connectivity index (χ2v) is 12.5. The number of pyridine rings is 1. The number of para-hydroxylation sites is 3. The molecule has 3 heterocycles. The predicted octanol–water partition coefficient (Wildman–Crippen LogP) is 12.4. The summed E-state index contributed by atoms with van der Waals surface area (Å²) in [5.74, 6) is 0.530. The van der Waals surface area contributed by atoms with Crippen molar-refractivity contribution in [1.82, 2.24) is 4.98 Å². The van der Waals surface area contributed by atoms with E-state index in [9.17, 15) is 0 Å². The summed E-state index contributed by atoms with van der Waals surface area (Å²) in [6.07, 6.45) is 1.86. The lowest BCUT2D eigenvalue weighted by atomic mass is 9.82. The van der Waals surface area contributed by atoms with E-state index in [0.717, 1.165) is 55.1 Å². The number of aromatic nitrogens is 1. The van der Waals surface area contributed by atoms with Crippen LogP contribution in [0.25, 0.3) is 77.4 Å². The summed E-state index contributed by atoms with van der Waals surface area (Å²) in [5, 5.41) is 3.91. The molecule has 0 unspecified atom stereocenters. The highest BCUT2D eigenvalue weighted by Crippen LogP contribution is 2.42. The van der Waals surface area contributed by atoms with Crippen molar-refractivity contribution in [3.8, 4) is 33.5 Å². The largest absolute Gasteiger partial charge is 0.456 e. The summed E-state index contributed by atoms with van der Waals surface area (Å²) in [7, 11) is 0. The SMILES string of the molecule is [2H]C([2H])([2H])c1cccc2c1oc1c(-c3cc(-c4c(C(C)C)cc(-c5ccc6c(c5)oc5ccccc56)cc4C(C)C)ccn3)cccc12. The van der Waals surface area contributed by atoms with Gasteiger partial charge in [-0.05, 0) is 94.0 Å². The van der Waals surface area contributed by atoms with E-state index in [1.54, 1.807) is 12.1 Å². The Labute approximate surface area is 267 Å². The van der Waals surface area contributed by atoms with E-state index in [0.29, 0.717) is 11.2 Å². The van der Waals surface area contributed by atoms with Gasteiger partial charge in [0.1, 0.15) is 22.3 Å². The molecule has 3 heteroatoms. The minimum atomic E-state index is -2.28. The summed E-state index contributed by atoms with van der Waals surface area (Å²) in [6.45, 7) is 6.70. The summed E-state index contributed by atoms with van der Waals surface area (Å²) < 4.78 is 36.8. The van der Waals surface area contributed by atoms with Crippen LogP contribution < -0.4 is 0 Å². The third-order valence-electron chi connectivity index (χ3n) is 9.00. The molecule has 0 amide bonds.